The molecule has 1 N–H and O–H groups in total. The second-order valence-corrected chi connectivity index (χ2v) is 6.26. The van der Waals surface area contributed by atoms with Gasteiger partial charge in [0.1, 0.15) is 5.82 Å². The molecule has 1 aliphatic heterocycles. The van der Waals surface area contributed by atoms with Gasteiger partial charge < -0.3 is 15.1 Å². The van der Waals surface area contributed by atoms with Crippen LogP contribution in [0.15, 0.2) is 42.5 Å². The zero-order valence-corrected chi connectivity index (χ0v) is 14.1. The van der Waals surface area contributed by atoms with Gasteiger partial charge in [-0.15, -0.1) is 0 Å². The van der Waals surface area contributed by atoms with Crippen LogP contribution in [0.4, 0.5) is 15.8 Å². The third-order valence-corrected chi connectivity index (χ3v) is 4.43. The van der Waals surface area contributed by atoms with Crippen LogP contribution in [0.25, 0.3) is 0 Å². The fourth-order valence-electron chi connectivity index (χ4n) is 2.76. The van der Waals surface area contributed by atoms with Crippen molar-refractivity contribution < 1.29 is 9.18 Å². The van der Waals surface area contributed by atoms with Crippen molar-refractivity contribution in [3.05, 3.63) is 59.4 Å². The van der Waals surface area contributed by atoms with Crippen LogP contribution in [0.3, 0.4) is 0 Å². The normalized spacial score (nSPS) is 15.4. The topological polar surface area (TPSA) is 35.6 Å². The molecule has 2 aromatic rings. The SMILES string of the molecule is Cc1ccc(C(=O)Nc2ccc(N3CCN(C)CC3)cc2)cc1F. The largest absolute Gasteiger partial charge is 0.369 e. The molecule has 1 aliphatic rings. The number of amides is 1. The zero-order valence-electron chi connectivity index (χ0n) is 14.1. The highest BCUT2D eigenvalue weighted by Gasteiger charge is 2.14. The summed E-state index contributed by atoms with van der Waals surface area (Å²) in [6.45, 7) is 5.79. The summed E-state index contributed by atoms with van der Waals surface area (Å²) < 4.78 is 13.6. The van der Waals surface area contributed by atoms with E-state index < -0.39 is 0 Å². The molecular formula is C19H22FN3O. The maximum Gasteiger partial charge on any atom is 0.255 e. The van der Waals surface area contributed by atoms with Gasteiger partial charge in [-0.1, -0.05) is 6.07 Å². The van der Waals surface area contributed by atoms with Crippen LogP contribution in [0.2, 0.25) is 0 Å². The van der Waals surface area contributed by atoms with Crippen LogP contribution in [-0.2, 0) is 0 Å². The van der Waals surface area contributed by atoms with Crippen molar-refractivity contribution in [3.8, 4) is 0 Å². The van der Waals surface area contributed by atoms with E-state index >= 15 is 0 Å². The molecule has 1 saturated heterocycles. The molecule has 2 aromatic carbocycles. The summed E-state index contributed by atoms with van der Waals surface area (Å²) in [6, 6.07) is 12.3. The van der Waals surface area contributed by atoms with E-state index in [-0.39, 0.29) is 11.7 Å². The monoisotopic (exact) mass is 327 g/mol. The van der Waals surface area contributed by atoms with Gasteiger partial charge in [-0.3, -0.25) is 4.79 Å². The first-order valence-electron chi connectivity index (χ1n) is 8.14. The summed E-state index contributed by atoms with van der Waals surface area (Å²) in [6.07, 6.45) is 0. The molecule has 0 unspecified atom stereocenters. The fourth-order valence-corrected chi connectivity index (χ4v) is 2.76. The Balaban J connectivity index is 1.65. The minimum atomic E-state index is -0.368. The molecule has 1 fully saturated rings. The number of likely N-dealkylation sites (N-methyl/N-ethyl adjacent to an activating group) is 1. The van der Waals surface area contributed by atoms with Crippen LogP contribution < -0.4 is 10.2 Å². The standard InChI is InChI=1S/C19H22FN3O/c1-14-3-4-15(13-18(14)20)19(24)21-16-5-7-17(8-6-16)23-11-9-22(2)10-12-23/h3-8,13H,9-12H2,1-2H3,(H,21,24). The van der Waals surface area contributed by atoms with Crippen molar-refractivity contribution in [2.45, 2.75) is 6.92 Å². The Morgan fingerprint density at radius 3 is 2.33 bits per heavy atom. The highest BCUT2D eigenvalue weighted by molar-refractivity contribution is 6.04. The molecule has 0 bridgehead atoms. The lowest BCUT2D eigenvalue weighted by atomic mass is 10.1. The van der Waals surface area contributed by atoms with Crippen LogP contribution >= 0.6 is 0 Å². The van der Waals surface area contributed by atoms with Gasteiger partial charge in [0.2, 0.25) is 0 Å². The highest BCUT2D eigenvalue weighted by Crippen LogP contribution is 2.20. The molecule has 0 radical (unpaired) electrons. The predicted octanol–water partition coefficient (Wildman–Crippen LogP) is 3.14. The first-order chi connectivity index (χ1) is 11.5. The molecule has 0 aliphatic carbocycles. The van der Waals surface area contributed by atoms with Crippen LogP contribution in [0.5, 0.6) is 0 Å². The number of rotatable bonds is 3. The molecule has 126 valence electrons. The summed E-state index contributed by atoms with van der Waals surface area (Å²) in [4.78, 5) is 16.9. The molecular weight excluding hydrogens is 305 g/mol. The van der Waals surface area contributed by atoms with E-state index in [4.69, 9.17) is 0 Å². The van der Waals surface area contributed by atoms with Crippen molar-refractivity contribution >= 4 is 17.3 Å². The number of hydrogen-bond donors (Lipinski definition) is 1. The molecule has 3 rings (SSSR count). The van der Waals surface area contributed by atoms with Crippen molar-refractivity contribution in [2.75, 3.05) is 43.4 Å². The number of benzene rings is 2. The number of piperazine rings is 1. The van der Waals surface area contributed by atoms with Gasteiger partial charge in [-0.2, -0.15) is 0 Å². The molecule has 0 saturated carbocycles. The Morgan fingerprint density at radius 2 is 1.71 bits per heavy atom. The van der Waals surface area contributed by atoms with Gasteiger partial charge in [0.25, 0.3) is 5.91 Å². The number of hydrogen-bond acceptors (Lipinski definition) is 3. The van der Waals surface area contributed by atoms with Crippen molar-refractivity contribution in [1.29, 1.82) is 0 Å². The number of halogens is 1. The Bertz CT molecular complexity index is 722. The minimum Gasteiger partial charge on any atom is -0.369 e. The van der Waals surface area contributed by atoms with E-state index in [2.05, 4.69) is 22.2 Å². The number of nitrogens with zero attached hydrogens (tertiary/aromatic N) is 2. The van der Waals surface area contributed by atoms with Crippen LogP contribution in [0.1, 0.15) is 15.9 Å². The summed E-state index contributed by atoms with van der Waals surface area (Å²) >= 11 is 0. The molecule has 4 nitrogen and oxygen atoms in total. The van der Waals surface area contributed by atoms with Gasteiger partial charge in [0, 0.05) is 43.1 Å². The van der Waals surface area contributed by atoms with Gasteiger partial charge >= 0.3 is 0 Å². The van der Waals surface area contributed by atoms with Crippen molar-refractivity contribution in [2.24, 2.45) is 0 Å². The summed E-state index contributed by atoms with van der Waals surface area (Å²) in [7, 11) is 2.13. The number of nitrogens with one attached hydrogen (secondary N) is 1. The average molecular weight is 327 g/mol. The molecule has 0 aromatic heterocycles. The third kappa shape index (κ3) is 3.74. The van der Waals surface area contributed by atoms with E-state index in [1.54, 1.807) is 19.1 Å². The molecule has 1 amide bonds. The molecule has 24 heavy (non-hydrogen) atoms. The fraction of sp³-hybridized carbons (Fsp3) is 0.316. The van der Waals surface area contributed by atoms with E-state index in [0.29, 0.717) is 16.8 Å². The third-order valence-electron chi connectivity index (χ3n) is 4.43. The summed E-state index contributed by atoms with van der Waals surface area (Å²) in [5, 5.41) is 2.81. The maximum atomic E-state index is 13.6. The Kier molecular flexibility index (Phi) is 4.81. The highest BCUT2D eigenvalue weighted by atomic mass is 19.1. The quantitative estimate of drug-likeness (QED) is 0.941. The zero-order chi connectivity index (χ0) is 17.1. The smallest absolute Gasteiger partial charge is 0.255 e. The molecule has 0 atom stereocenters. The lowest BCUT2D eigenvalue weighted by Gasteiger charge is -2.34. The van der Waals surface area contributed by atoms with E-state index in [1.807, 2.05) is 24.3 Å². The van der Waals surface area contributed by atoms with Gasteiger partial charge in [0.05, 0.1) is 0 Å². The number of aryl methyl sites for hydroxylation is 1. The lowest BCUT2D eigenvalue weighted by Crippen LogP contribution is -2.44. The maximum absolute atomic E-state index is 13.6. The van der Waals surface area contributed by atoms with E-state index in [9.17, 15) is 9.18 Å². The molecule has 0 spiro atoms. The van der Waals surface area contributed by atoms with Crippen molar-refractivity contribution in [1.82, 2.24) is 4.90 Å². The van der Waals surface area contributed by atoms with E-state index in [0.717, 1.165) is 31.9 Å². The van der Waals surface area contributed by atoms with Crippen LogP contribution in [0, 0.1) is 12.7 Å². The van der Waals surface area contributed by atoms with Crippen LogP contribution in [-0.4, -0.2) is 44.0 Å². The van der Waals surface area contributed by atoms with Gasteiger partial charge in [-0.05, 0) is 55.9 Å². The Labute approximate surface area is 141 Å². The summed E-state index contributed by atoms with van der Waals surface area (Å²) in [5.41, 5.74) is 2.71. The van der Waals surface area contributed by atoms with E-state index in [1.165, 1.54) is 6.07 Å². The minimum absolute atomic E-state index is 0.304. The average Bonchev–Trinajstić information content (AvgIpc) is 2.59. The predicted molar refractivity (Wildman–Crippen MR) is 95.2 cm³/mol. The van der Waals surface area contributed by atoms with Crippen molar-refractivity contribution in [3.63, 3.8) is 0 Å². The molecule has 1 heterocycles. The Morgan fingerprint density at radius 1 is 1.04 bits per heavy atom. The number of carbonyl (C=O) groups excluding carboxylic acids is 1. The first-order valence-corrected chi connectivity index (χ1v) is 8.14. The van der Waals surface area contributed by atoms with Gasteiger partial charge in [-0.25, -0.2) is 4.39 Å². The second kappa shape index (κ2) is 7.01. The number of anilines is 2. The lowest BCUT2D eigenvalue weighted by molar-refractivity contribution is 0.102. The van der Waals surface area contributed by atoms with Gasteiger partial charge in [0.15, 0.2) is 0 Å². The Hall–Kier alpha value is -2.40. The first kappa shape index (κ1) is 16.5. The number of carbonyl (C=O) groups is 1. The molecule has 5 heteroatoms. The summed E-state index contributed by atoms with van der Waals surface area (Å²) in [5.74, 6) is -0.672. The second-order valence-electron chi connectivity index (χ2n) is 6.26.